The van der Waals surface area contributed by atoms with Crippen molar-refractivity contribution in [3.8, 4) is 0 Å². The lowest BCUT2D eigenvalue weighted by Gasteiger charge is -2.09. The van der Waals surface area contributed by atoms with Crippen molar-refractivity contribution in [2.24, 2.45) is 0 Å². The van der Waals surface area contributed by atoms with Gasteiger partial charge in [-0.3, -0.25) is 0 Å². The molecule has 1 aromatic heterocycles. The molecule has 0 fully saturated rings. The molecule has 0 bridgehead atoms. The number of nitrogens with one attached hydrogen (secondary N) is 1. The highest BCUT2D eigenvalue weighted by Gasteiger charge is 2.05. The Hall–Kier alpha value is -0.840. The molecule has 0 aliphatic carbocycles. The first-order valence-corrected chi connectivity index (χ1v) is 6.46. The molecule has 0 spiro atoms. The van der Waals surface area contributed by atoms with Crippen LogP contribution in [0.5, 0.6) is 0 Å². The highest BCUT2D eigenvalue weighted by molar-refractivity contribution is 9.10. The lowest BCUT2D eigenvalue weighted by atomic mass is 10.2. The van der Waals surface area contributed by atoms with Crippen LogP contribution in [0.15, 0.2) is 35.1 Å². The van der Waals surface area contributed by atoms with Crippen LogP contribution in [-0.2, 0) is 13.1 Å². The average Bonchev–Trinajstić information content (AvgIpc) is 2.71. The van der Waals surface area contributed by atoms with Crippen molar-refractivity contribution in [2.45, 2.75) is 13.1 Å². The van der Waals surface area contributed by atoms with Crippen molar-refractivity contribution < 1.29 is 0 Å². The maximum atomic E-state index is 6.20. The molecule has 90 valence electrons. The van der Waals surface area contributed by atoms with E-state index < -0.39 is 0 Å². The number of hydrogen-bond acceptors (Lipinski definition) is 2. The van der Waals surface area contributed by atoms with Gasteiger partial charge in [0.15, 0.2) is 0 Å². The lowest BCUT2D eigenvalue weighted by molar-refractivity contribution is 0.673. The minimum atomic E-state index is 0.739. The van der Waals surface area contributed by atoms with E-state index in [1.165, 1.54) is 0 Å². The molecule has 2 aromatic rings. The third-order valence-corrected chi connectivity index (χ3v) is 3.34. The highest BCUT2D eigenvalue weighted by Crippen LogP contribution is 2.22. The molecule has 0 saturated carbocycles. The SMILES string of the molecule is CNCc1nccn1Cc1ccc(Br)cc1Cl. The molecule has 5 heteroatoms. The van der Waals surface area contributed by atoms with Crippen LogP contribution in [0.2, 0.25) is 5.02 Å². The van der Waals surface area contributed by atoms with E-state index in [-0.39, 0.29) is 0 Å². The maximum Gasteiger partial charge on any atom is 0.122 e. The Bertz CT molecular complexity index is 510. The van der Waals surface area contributed by atoms with Crippen LogP contribution in [0, 0.1) is 0 Å². The van der Waals surface area contributed by atoms with Crippen LogP contribution in [-0.4, -0.2) is 16.6 Å². The van der Waals surface area contributed by atoms with Crippen molar-refractivity contribution in [1.29, 1.82) is 0 Å². The van der Waals surface area contributed by atoms with E-state index in [9.17, 15) is 0 Å². The summed E-state index contributed by atoms with van der Waals surface area (Å²) in [7, 11) is 1.91. The summed E-state index contributed by atoms with van der Waals surface area (Å²) in [5.74, 6) is 1.01. The zero-order valence-corrected chi connectivity index (χ0v) is 11.8. The van der Waals surface area contributed by atoms with Gasteiger partial charge < -0.3 is 9.88 Å². The van der Waals surface area contributed by atoms with Gasteiger partial charge in [-0.15, -0.1) is 0 Å². The Labute approximate surface area is 114 Å². The molecule has 1 aromatic carbocycles. The number of hydrogen-bond donors (Lipinski definition) is 1. The molecule has 0 unspecified atom stereocenters. The fourth-order valence-electron chi connectivity index (χ4n) is 1.64. The Balaban J connectivity index is 2.22. The van der Waals surface area contributed by atoms with Crippen molar-refractivity contribution >= 4 is 27.5 Å². The Morgan fingerprint density at radius 2 is 2.29 bits per heavy atom. The summed E-state index contributed by atoms with van der Waals surface area (Å²) in [5.41, 5.74) is 1.09. The minimum absolute atomic E-state index is 0.739. The zero-order valence-electron chi connectivity index (χ0n) is 9.45. The smallest absolute Gasteiger partial charge is 0.122 e. The van der Waals surface area contributed by atoms with E-state index in [4.69, 9.17) is 11.6 Å². The molecule has 0 aliphatic heterocycles. The van der Waals surface area contributed by atoms with Gasteiger partial charge in [0.05, 0.1) is 13.1 Å². The van der Waals surface area contributed by atoms with E-state index in [1.54, 1.807) is 6.20 Å². The van der Waals surface area contributed by atoms with Crippen LogP contribution in [0.4, 0.5) is 0 Å². The van der Waals surface area contributed by atoms with E-state index >= 15 is 0 Å². The fourth-order valence-corrected chi connectivity index (χ4v) is 2.38. The van der Waals surface area contributed by atoms with Crippen LogP contribution < -0.4 is 5.32 Å². The molecule has 0 amide bonds. The fraction of sp³-hybridized carbons (Fsp3) is 0.250. The summed E-state index contributed by atoms with van der Waals surface area (Å²) in [5, 5.41) is 3.86. The molecule has 0 saturated heterocycles. The maximum absolute atomic E-state index is 6.20. The van der Waals surface area contributed by atoms with Gasteiger partial charge in [-0.25, -0.2) is 4.98 Å². The number of nitrogens with zero attached hydrogens (tertiary/aromatic N) is 2. The molecule has 2 rings (SSSR count). The molecule has 0 radical (unpaired) electrons. The monoisotopic (exact) mass is 313 g/mol. The standard InChI is InChI=1S/C12H13BrClN3/c1-15-7-12-16-4-5-17(12)8-9-2-3-10(13)6-11(9)14/h2-6,15H,7-8H2,1H3. The van der Waals surface area contributed by atoms with Crippen LogP contribution in [0.1, 0.15) is 11.4 Å². The normalized spacial score (nSPS) is 10.8. The molecular weight excluding hydrogens is 302 g/mol. The van der Waals surface area contributed by atoms with Crippen molar-refractivity contribution in [3.05, 3.63) is 51.5 Å². The average molecular weight is 315 g/mol. The summed E-state index contributed by atoms with van der Waals surface area (Å²) >= 11 is 9.60. The summed E-state index contributed by atoms with van der Waals surface area (Å²) in [6.07, 6.45) is 3.77. The van der Waals surface area contributed by atoms with Crippen LogP contribution >= 0.6 is 27.5 Å². The van der Waals surface area contributed by atoms with E-state index in [0.29, 0.717) is 0 Å². The second-order valence-electron chi connectivity index (χ2n) is 3.74. The quantitative estimate of drug-likeness (QED) is 0.940. The first-order valence-electron chi connectivity index (χ1n) is 5.29. The topological polar surface area (TPSA) is 29.9 Å². The third-order valence-electron chi connectivity index (χ3n) is 2.49. The van der Waals surface area contributed by atoms with Gasteiger partial charge >= 0.3 is 0 Å². The van der Waals surface area contributed by atoms with Crippen LogP contribution in [0.25, 0.3) is 0 Å². The zero-order chi connectivity index (χ0) is 12.3. The van der Waals surface area contributed by atoms with E-state index in [0.717, 1.165) is 34.0 Å². The second kappa shape index (κ2) is 5.67. The van der Waals surface area contributed by atoms with Crippen LogP contribution in [0.3, 0.4) is 0 Å². The largest absolute Gasteiger partial charge is 0.329 e. The third kappa shape index (κ3) is 3.09. The summed E-state index contributed by atoms with van der Waals surface area (Å²) in [6.45, 7) is 1.49. The van der Waals surface area contributed by atoms with Crippen molar-refractivity contribution in [2.75, 3.05) is 7.05 Å². The first kappa shape index (κ1) is 12.6. The van der Waals surface area contributed by atoms with Gasteiger partial charge in [0, 0.05) is 21.9 Å². The molecule has 1 heterocycles. The first-order chi connectivity index (χ1) is 8.20. The lowest BCUT2D eigenvalue weighted by Crippen LogP contribution is -2.12. The van der Waals surface area contributed by atoms with Gasteiger partial charge in [-0.05, 0) is 24.7 Å². The molecule has 1 N–H and O–H groups in total. The predicted octanol–water partition coefficient (Wildman–Crippen LogP) is 3.07. The van der Waals surface area contributed by atoms with Crippen molar-refractivity contribution in [1.82, 2.24) is 14.9 Å². The second-order valence-corrected chi connectivity index (χ2v) is 5.06. The Kier molecular flexibility index (Phi) is 4.20. The van der Waals surface area contributed by atoms with Gasteiger partial charge in [-0.2, -0.15) is 0 Å². The number of benzene rings is 1. The number of rotatable bonds is 4. The Morgan fingerprint density at radius 3 is 3.00 bits per heavy atom. The molecule has 0 aliphatic rings. The minimum Gasteiger partial charge on any atom is -0.329 e. The Morgan fingerprint density at radius 1 is 1.47 bits per heavy atom. The molecule has 3 nitrogen and oxygen atoms in total. The summed E-state index contributed by atoms with van der Waals surface area (Å²) in [4.78, 5) is 4.30. The highest BCUT2D eigenvalue weighted by atomic mass is 79.9. The predicted molar refractivity (Wildman–Crippen MR) is 73.2 cm³/mol. The van der Waals surface area contributed by atoms with E-state index in [1.807, 2.05) is 31.4 Å². The molecule has 17 heavy (non-hydrogen) atoms. The van der Waals surface area contributed by atoms with E-state index in [2.05, 4.69) is 30.8 Å². The van der Waals surface area contributed by atoms with Gasteiger partial charge in [0.1, 0.15) is 5.82 Å². The molecule has 0 atom stereocenters. The van der Waals surface area contributed by atoms with Gasteiger partial charge in [-0.1, -0.05) is 33.6 Å². The summed E-state index contributed by atoms with van der Waals surface area (Å²) in [6, 6.07) is 5.93. The van der Waals surface area contributed by atoms with Gasteiger partial charge in [0.25, 0.3) is 0 Å². The molecular formula is C12H13BrClN3. The van der Waals surface area contributed by atoms with Crippen molar-refractivity contribution in [3.63, 3.8) is 0 Å². The number of aromatic nitrogens is 2. The van der Waals surface area contributed by atoms with Gasteiger partial charge in [0.2, 0.25) is 0 Å². The number of imidazole rings is 1. The number of halogens is 2. The summed E-state index contributed by atoms with van der Waals surface area (Å²) < 4.78 is 3.08.